The van der Waals surface area contributed by atoms with Crippen molar-refractivity contribution in [2.24, 2.45) is 9.98 Å². The summed E-state index contributed by atoms with van der Waals surface area (Å²) >= 11 is 8.57. The van der Waals surface area contributed by atoms with Gasteiger partial charge in [0.25, 0.3) is 0 Å². The molecule has 2 aliphatic carbocycles. The topological polar surface area (TPSA) is 120 Å². The van der Waals surface area contributed by atoms with E-state index in [0.717, 1.165) is 9.75 Å². The predicted octanol–water partition coefficient (Wildman–Crippen LogP) is 10.2. The van der Waals surface area contributed by atoms with E-state index in [1.54, 1.807) is 11.3 Å². The Morgan fingerprint density at radius 1 is 0.628 bits per heavy atom. The predicted molar refractivity (Wildman–Crippen MR) is 180 cm³/mol. The molecule has 11 heteroatoms. The number of nitrogens with zero attached hydrogens (tertiary/aromatic N) is 6. The van der Waals surface area contributed by atoms with E-state index in [2.05, 4.69) is 49.8 Å². The number of nitriles is 4. The van der Waals surface area contributed by atoms with Crippen LogP contribution in [0.3, 0.4) is 0 Å². The Bertz CT molecular complexity index is 2260. The van der Waals surface area contributed by atoms with Crippen LogP contribution in [0.4, 0.5) is 10.0 Å². The van der Waals surface area contributed by atoms with Crippen LogP contribution in [-0.2, 0) is 10.8 Å². The molecule has 0 N–H and O–H groups in total. The van der Waals surface area contributed by atoms with Gasteiger partial charge >= 0.3 is 0 Å². The second-order valence-electron chi connectivity index (χ2n) is 11.1. The van der Waals surface area contributed by atoms with Crippen molar-refractivity contribution in [3.05, 3.63) is 56.8 Å². The van der Waals surface area contributed by atoms with Gasteiger partial charge in [-0.25, -0.2) is 9.98 Å². The normalized spacial score (nSPS) is 14.9. The highest BCUT2D eigenvalue weighted by Crippen LogP contribution is 2.64. The third-order valence-corrected chi connectivity index (χ3v) is 13.9. The lowest BCUT2D eigenvalue weighted by atomic mass is 9.80. The lowest BCUT2D eigenvalue weighted by molar-refractivity contribution is 0.669. The van der Waals surface area contributed by atoms with Crippen LogP contribution < -0.4 is 0 Å². The fourth-order valence-electron chi connectivity index (χ4n) is 5.90. The Kier molecular flexibility index (Phi) is 6.20. The molecule has 0 saturated heterocycles. The van der Waals surface area contributed by atoms with Crippen molar-refractivity contribution in [1.29, 1.82) is 21.0 Å². The van der Waals surface area contributed by atoms with Gasteiger partial charge in [0.05, 0.1) is 14.3 Å². The molecule has 5 heterocycles. The molecule has 0 fully saturated rings. The van der Waals surface area contributed by atoms with Crippen molar-refractivity contribution in [3.63, 3.8) is 0 Å². The third kappa shape index (κ3) is 4.02. The first-order chi connectivity index (χ1) is 20.6. The minimum Gasteiger partial charge on any atom is -0.216 e. The Morgan fingerprint density at radius 3 is 1.84 bits per heavy atom. The summed E-state index contributed by atoms with van der Waals surface area (Å²) in [7, 11) is 0. The van der Waals surface area contributed by atoms with Crippen molar-refractivity contribution in [2.75, 3.05) is 0 Å². The first-order valence-electron chi connectivity index (χ1n) is 13.1. The average Bonchev–Trinajstić information content (AvgIpc) is 3.80. The quantitative estimate of drug-likeness (QED) is 0.180. The number of aliphatic imine (C=N–C) groups is 2. The third-order valence-electron chi connectivity index (χ3n) is 7.92. The highest BCUT2D eigenvalue weighted by Gasteiger charge is 2.45. The number of thiophene rings is 5. The van der Waals surface area contributed by atoms with E-state index in [0.29, 0.717) is 10.0 Å². The summed E-state index contributed by atoms with van der Waals surface area (Å²) < 4.78 is 2.73. The fraction of sp³-hybridized carbons (Fsp3) is 0.188. The van der Waals surface area contributed by atoms with Crippen molar-refractivity contribution in [1.82, 2.24) is 0 Å². The lowest BCUT2D eigenvalue weighted by Crippen LogP contribution is -2.15. The van der Waals surface area contributed by atoms with Gasteiger partial charge in [-0.2, -0.15) is 21.0 Å². The second kappa shape index (κ2) is 9.66. The lowest BCUT2D eigenvalue weighted by Gasteiger charge is -2.23. The molecule has 7 rings (SSSR count). The molecular weight excluding hydrogens is 629 g/mol. The van der Waals surface area contributed by atoms with Crippen LogP contribution in [0.1, 0.15) is 54.1 Å². The Morgan fingerprint density at radius 2 is 1.21 bits per heavy atom. The summed E-state index contributed by atoms with van der Waals surface area (Å²) in [6, 6.07) is 17.4. The smallest absolute Gasteiger partial charge is 0.216 e. The number of fused-ring (bicyclic) bond motifs is 7. The maximum atomic E-state index is 9.10. The highest BCUT2D eigenvalue weighted by atomic mass is 32.1. The van der Waals surface area contributed by atoms with Crippen LogP contribution in [0, 0.1) is 45.3 Å². The van der Waals surface area contributed by atoms with Crippen molar-refractivity contribution in [2.45, 2.75) is 38.5 Å². The molecule has 0 bridgehead atoms. The van der Waals surface area contributed by atoms with E-state index in [-0.39, 0.29) is 22.3 Å². The standard InChI is InChI=1S/C32H18N6S5/c1-31(2)17(19-5-7-23(39-19)37-15(11-33)12-34)9-22-25(31)28-30(42-22)26-29(43-28)27-18(32(26,3)4)10-21(41-27)20-6-8-24(40-20)38-16(13-35)14-36/h5-10H,1-4H3. The van der Waals surface area contributed by atoms with E-state index in [1.165, 1.54) is 73.8 Å². The molecule has 0 unspecified atom stereocenters. The number of allylic oxidation sites excluding steroid dienone is 1. The van der Waals surface area contributed by atoms with Crippen LogP contribution >= 0.6 is 56.7 Å². The monoisotopic (exact) mass is 646 g/mol. The van der Waals surface area contributed by atoms with Gasteiger partial charge < -0.3 is 0 Å². The van der Waals surface area contributed by atoms with E-state index >= 15 is 0 Å². The second-order valence-corrected chi connectivity index (χ2v) is 16.4. The summed E-state index contributed by atoms with van der Waals surface area (Å²) in [5.41, 5.74) is 4.74. The van der Waals surface area contributed by atoms with Crippen LogP contribution in [0.5, 0.6) is 0 Å². The van der Waals surface area contributed by atoms with Crippen LogP contribution in [-0.4, -0.2) is 11.4 Å². The van der Waals surface area contributed by atoms with E-state index < -0.39 is 0 Å². The van der Waals surface area contributed by atoms with Crippen molar-refractivity contribution >= 4 is 99.2 Å². The van der Waals surface area contributed by atoms with Crippen LogP contribution in [0.25, 0.3) is 40.6 Å². The van der Waals surface area contributed by atoms with Gasteiger partial charge in [0.1, 0.15) is 34.3 Å². The number of rotatable bonds is 4. The minimum atomic E-state index is -0.210. The molecule has 0 saturated carbocycles. The zero-order chi connectivity index (χ0) is 30.3. The van der Waals surface area contributed by atoms with Crippen molar-refractivity contribution < 1.29 is 0 Å². The minimum absolute atomic E-state index is 0.138. The molecule has 0 amide bonds. The molecule has 206 valence electrons. The first-order valence-corrected chi connectivity index (χ1v) is 17.1. The molecule has 0 atom stereocenters. The molecule has 0 radical (unpaired) electrons. The Balaban J connectivity index is 1.28. The first kappa shape index (κ1) is 27.6. The zero-order valence-electron chi connectivity index (χ0n) is 23.2. The molecule has 5 aromatic heterocycles. The molecule has 43 heavy (non-hydrogen) atoms. The van der Waals surface area contributed by atoms with Crippen LogP contribution in [0.2, 0.25) is 0 Å². The van der Waals surface area contributed by atoms with Crippen molar-refractivity contribution in [3.8, 4) is 43.8 Å². The van der Waals surface area contributed by atoms with Gasteiger partial charge in [0.2, 0.25) is 11.4 Å². The average molecular weight is 647 g/mol. The SMILES string of the molecule is CC1(C)C(c2ccc(N=C(C#N)C#N)s2)=Cc2sc3c4c(sc3c21)-c1sc(-c2ccc(N=C(C#N)C#N)s2)cc1C4(C)C. The van der Waals surface area contributed by atoms with Gasteiger partial charge in [-0.3, -0.25) is 0 Å². The number of hydrogen-bond acceptors (Lipinski definition) is 11. The van der Waals surface area contributed by atoms with E-state index in [4.69, 9.17) is 21.0 Å². The molecule has 0 spiro atoms. The molecular formula is C32H18N6S5. The largest absolute Gasteiger partial charge is 0.219 e. The molecule has 0 aromatic carbocycles. The summed E-state index contributed by atoms with van der Waals surface area (Å²) in [6.45, 7) is 9.19. The van der Waals surface area contributed by atoms with Gasteiger partial charge in [-0.1, -0.05) is 27.7 Å². The Hall–Kier alpha value is -4.20. The van der Waals surface area contributed by atoms with Gasteiger partial charge in [-0.15, -0.1) is 56.7 Å². The molecule has 0 aliphatic heterocycles. The number of hydrogen-bond donors (Lipinski definition) is 0. The molecule has 6 nitrogen and oxygen atoms in total. The van der Waals surface area contributed by atoms with Gasteiger partial charge in [0, 0.05) is 35.2 Å². The summed E-state index contributed by atoms with van der Waals surface area (Å²) in [4.78, 5) is 15.7. The van der Waals surface area contributed by atoms with Crippen LogP contribution in [0.15, 0.2) is 40.3 Å². The summed E-state index contributed by atoms with van der Waals surface area (Å²) in [6.07, 6.45) is 2.31. The van der Waals surface area contributed by atoms with Gasteiger partial charge in [-0.05, 0) is 58.7 Å². The zero-order valence-corrected chi connectivity index (χ0v) is 27.3. The summed E-state index contributed by atoms with van der Waals surface area (Å²) in [5, 5.41) is 37.7. The maximum absolute atomic E-state index is 9.10. The van der Waals surface area contributed by atoms with Gasteiger partial charge in [0.15, 0.2) is 0 Å². The molecule has 2 aliphatic rings. The Labute approximate surface area is 267 Å². The molecule has 5 aromatic rings. The van der Waals surface area contributed by atoms with E-state index in [1.807, 2.05) is 71.2 Å². The highest BCUT2D eigenvalue weighted by molar-refractivity contribution is 7.33. The van der Waals surface area contributed by atoms with E-state index in [9.17, 15) is 0 Å². The summed E-state index contributed by atoms with van der Waals surface area (Å²) in [5.74, 6) is 0. The fourth-order valence-corrected chi connectivity index (χ4v) is 12.9. The maximum Gasteiger partial charge on any atom is 0.219 e.